The van der Waals surface area contributed by atoms with Gasteiger partial charge in [0.25, 0.3) is 0 Å². The van der Waals surface area contributed by atoms with E-state index < -0.39 is 30.0 Å². The van der Waals surface area contributed by atoms with Crippen molar-refractivity contribution in [3.63, 3.8) is 0 Å². The predicted octanol–water partition coefficient (Wildman–Crippen LogP) is 1.75. The van der Waals surface area contributed by atoms with Crippen LogP contribution in [0.1, 0.15) is 25.8 Å². The van der Waals surface area contributed by atoms with Gasteiger partial charge in [-0.3, -0.25) is 0 Å². The first kappa shape index (κ1) is 16.7. The van der Waals surface area contributed by atoms with Crippen LogP contribution in [0.3, 0.4) is 0 Å². The van der Waals surface area contributed by atoms with E-state index in [9.17, 15) is 9.59 Å². The van der Waals surface area contributed by atoms with Crippen LogP contribution in [0.25, 0.3) is 0 Å². The number of hydrogen-bond acceptors (Lipinski definition) is 6. The highest BCUT2D eigenvalue weighted by atomic mass is 16.8. The molecule has 0 aromatic heterocycles. The summed E-state index contributed by atoms with van der Waals surface area (Å²) in [6.07, 6.45) is -1.07. The molecular formula is C17H21NO6. The number of cyclic esters (lactones) is 1. The van der Waals surface area contributed by atoms with Gasteiger partial charge < -0.3 is 24.3 Å². The molecule has 1 aromatic rings. The van der Waals surface area contributed by atoms with E-state index in [-0.39, 0.29) is 12.7 Å². The lowest BCUT2D eigenvalue weighted by Crippen LogP contribution is -2.38. The molecular weight excluding hydrogens is 314 g/mol. The quantitative estimate of drug-likeness (QED) is 0.844. The van der Waals surface area contributed by atoms with Gasteiger partial charge in [-0.1, -0.05) is 30.3 Å². The first-order valence-electron chi connectivity index (χ1n) is 7.92. The fourth-order valence-electron chi connectivity index (χ4n) is 2.76. The molecule has 7 nitrogen and oxygen atoms in total. The number of carbonyl (C=O) groups excluding carboxylic acids is 2. The van der Waals surface area contributed by atoms with Crippen molar-refractivity contribution in [2.75, 3.05) is 6.61 Å². The Morgan fingerprint density at radius 1 is 1.29 bits per heavy atom. The second-order valence-electron chi connectivity index (χ2n) is 6.34. The van der Waals surface area contributed by atoms with Gasteiger partial charge in [-0.2, -0.15) is 0 Å². The summed E-state index contributed by atoms with van der Waals surface area (Å²) in [5.41, 5.74) is 0.873. The third-order valence-corrected chi connectivity index (χ3v) is 3.97. The highest BCUT2D eigenvalue weighted by molar-refractivity contribution is 5.83. The molecule has 3 rings (SSSR count). The van der Waals surface area contributed by atoms with Gasteiger partial charge in [-0.25, -0.2) is 9.59 Å². The molecule has 3 atom stereocenters. The first-order chi connectivity index (χ1) is 11.4. The molecule has 1 N–H and O–H groups in total. The number of amides is 1. The molecule has 2 fully saturated rings. The third kappa shape index (κ3) is 4.04. The van der Waals surface area contributed by atoms with Crippen molar-refractivity contribution in [3.8, 4) is 0 Å². The molecule has 24 heavy (non-hydrogen) atoms. The SMILES string of the molecule is CC1(C)OC[C@H]([C@@H]2C[C@H](NC(=O)OCc3ccccc3)C(=O)O2)O1. The van der Waals surface area contributed by atoms with Gasteiger partial charge in [0.1, 0.15) is 24.9 Å². The van der Waals surface area contributed by atoms with Crippen molar-refractivity contribution in [2.24, 2.45) is 0 Å². The Kier molecular flexibility index (Phi) is 4.73. The number of carbonyl (C=O) groups is 2. The number of hydrogen-bond donors (Lipinski definition) is 1. The summed E-state index contributed by atoms with van der Waals surface area (Å²) in [6, 6.07) is 8.58. The average molecular weight is 335 g/mol. The van der Waals surface area contributed by atoms with Gasteiger partial charge in [0, 0.05) is 6.42 Å². The number of rotatable bonds is 4. The van der Waals surface area contributed by atoms with E-state index in [0.717, 1.165) is 5.56 Å². The second-order valence-corrected chi connectivity index (χ2v) is 6.34. The van der Waals surface area contributed by atoms with E-state index in [1.54, 1.807) is 13.8 Å². The second kappa shape index (κ2) is 6.78. The molecule has 2 aliphatic heterocycles. The molecule has 1 aromatic carbocycles. The summed E-state index contributed by atoms with van der Waals surface area (Å²) < 4.78 is 21.6. The van der Waals surface area contributed by atoms with Crippen molar-refractivity contribution in [3.05, 3.63) is 35.9 Å². The van der Waals surface area contributed by atoms with Crippen molar-refractivity contribution < 1.29 is 28.5 Å². The Labute approximate surface area is 140 Å². The van der Waals surface area contributed by atoms with Gasteiger partial charge in [0.05, 0.1) is 6.61 Å². The van der Waals surface area contributed by atoms with Crippen LogP contribution in [-0.2, 0) is 30.3 Å². The molecule has 0 saturated carbocycles. The average Bonchev–Trinajstić information content (AvgIpc) is 3.09. The minimum absolute atomic E-state index is 0.144. The van der Waals surface area contributed by atoms with E-state index in [1.807, 2.05) is 30.3 Å². The molecule has 130 valence electrons. The summed E-state index contributed by atoms with van der Waals surface area (Å²) in [5.74, 6) is -1.16. The molecule has 0 aliphatic carbocycles. The molecule has 0 spiro atoms. The normalized spacial score (nSPS) is 28.4. The van der Waals surface area contributed by atoms with E-state index in [0.29, 0.717) is 13.0 Å². The Balaban J connectivity index is 1.47. The summed E-state index contributed by atoms with van der Waals surface area (Å²) >= 11 is 0. The van der Waals surface area contributed by atoms with Crippen LogP contribution in [0.4, 0.5) is 4.79 Å². The van der Waals surface area contributed by atoms with Crippen LogP contribution >= 0.6 is 0 Å². The smallest absolute Gasteiger partial charge is 0.408 e. The number of esters is 1. The first-order valence-corrected chi connectivity index (χ1v) is 7.92. The van der Waals surface area contributed by atoms with E-state index >= 15 is 0 Å². The predicted molar refractivity (Wildman–Crippen MR) is 83.0 cm³/mol. The van der Waals surface area contributed by atoms with E-state index in [4.69, 9.17) is 18.9 Å². The summed E-state index contributed by atoms with van der Waals surface area (Å²) in [7, 11) is 0. The minimum atomic E-state index is -0.731. The number of nitrogens with one attached hydrogen (secondary N) is 1. The molecule has 0 unspecified atom stereocenters. The largest absolute Gasteiger partial charge is 0.458 e. The maximum absolute atomic E-state index is 11.9. The summed E-state index contributed by atoms with van der Waals surface area (Å²) in [4.78, 5) is 23.8. The van der Waals surface area contributed by atoms with Crippen LogP contribution in [0, 0.1) is 0 Å². The zero-order chi connectivity index (χ0) is 17.2. The van der Waals surface area contributed by atoms with Crippen molar-refractivity contribution in [1.82, 2.24) is 5.32 Å². The highest BCUT2D eigenvalue weighted by Crippen LogP contribution is 2.29. The lowest BCUT2D eigenvalue weighted by atomic mass is 10.1. The number of alkyl carbamates (subject to hydrolysis) is 1. The Hall–Kier alpha value is -2.12. The molecule has 2 saturated heterocycles. The third-order valence-electron chi connectivity index (χ3n) is 3.97. The summed E-state index contributed by atoms with van der Waals surface area (Å²) in [5, 5.41) is 2.54. The lowest BCUT2D eigenvalue weighted by Gasteiger charge is -2.19. The maximum atomic E-state index is 11.9. The van der Waals surface area contributed by atoms with Gasteiger partial charge in [0.2, 0.25) is 0 Å². The molecule has 2 aliphatic rings. The van der Waals surface area contributed by atoms with Gasteiger partial charge in [0.15, 0.2) is 5.79 Å². The molecule has 7 heteroatoms. The van der Waals surface area contributed by atoms with E-state index in [1.165, 1.54) is 0 Å². The molecule has 0 radical (unpaired) electrons. The van der Waals surface area contributed by atoms with E-state index in [2.05, 4.69) is 5.32 Å². The Morgan fingerprint density at radius 3 is 2.71 bits per heavy atom. The zero-order valence-electron chi connectivity index (χ0n) is 13.7. The monoisotopic (exact) mass is 335 g/mol. The Morgan fingerprint density at radius 2 is 2.04 bits per heavy atom. The van der Waals surface area contributed by atoms with Gasteiger partial charge in [-0.15, -0.1) is 0 Å². The van der Waals surface area contributed by atoms with Crippen LogP contribution in [-0.4, -0.2) is 42.7 Å². The van der Waals surface area contributed by atoms with Crippen LogP contribution in [0.2, 0.25) is 0 Å². The van der Waals surface area contributed by atoms with Crippen molar-refractivity contribution in [2.45, 2.75) is 50.9 Å². The molecule has 0 bridgehead atoms. The van der Waals surface area contributed by atoms with Gasteiger partial charge >= 0.3 is 12.1 Å². The topological polar surface area (TPSA) is 83.1 Å². The fraction of sp³-hybridized carbons (Fsp3) is 0.529. The van der Waals surface area contributed by atoms with Crippen LogP contribution in [0.5, 0.6) is 0 Å². The fourth-order valence-corrected chi connectivity index (χ4v) is 2.76. The lowest BCUT2D eigenvalue weighted by molar-refractivity contribution is -0.162. The molecule has 2 heterocycles. The van der Waals surface area contributed by atoms with Crippen molar-refractivity contribution in [1.29, 1.82) is 0 Å². The summed E-state index contributed by atoms with van der Waals surface area (Å²) in [6.45, 7) is 4.11. The zero-order valence-corrected chi connectivity index (χ0v) is 13.7. The van der Waals surface area contributed by atoms with Crippen LogP contribution in [0.15, 0.2) is 30.3 Å². The number of benzene rings is 1. The number of ether oxygens (including phenoxy) is 4. The highest BCUT2D eigenvalue weighted by Gasteiger charge is 2.45. The minimum Gasteiger partial charge on any atom is -0.458 e. The van der Waals surface area contributed by atoms with Gasteiger partial charge in [-0.05, 0) is 19.4 Å². The maximum Gasteiger partial charge on any atom is 0.408 e. The Bertz CT molecular complexity index is 602. The van der Waals surface area contributed by atoms with Crippen LogP contribution < -0.4 is 5.32 Å². The van der Waals surface area contributed by atoms with Crippen molar-refractivity contribution >= 4 is 12.1 Å². The molecule has 1 amide bonds. The standard InChI is InChI=1S/C17H21NO6/c1-17(2)22-10-14(24-17)13-8-12(15(19)23-13)18-16(20)21-9-11-6-4-3-5-7-11/h3-7,12-14H,8-10H2,1-2H3,(H,18,20)/t12-,13-,14+/m0/s1.